The van der Waals surface area contributed by atoms with Crippen molar-refractivity contribution < 1.29 is 9.52 Å². The van der Waals surface area contributed by atoms with E-state index in [0.717, 1.165) is 30.8 Å². The fourth-order valence-corrected chi connectivity index (χ4v) is 1.94. The molecule has 0 aromatic carbocycles. The van der Waals surface area contributed by atoms with Crippen LogP contribution in [0.25, 0.3) is 0 Å². The summed E-state index contributed by atoms with van der Waals surface area (Å²) >= 11 is 0. The van der Waals surface area contributed by atoms with Crippen LogP contribution in [-0.4, -0.2) is 23.2 Å². The summed E-state index contributed by atoms with van der Waals surface area (Å²) in [5, 5.41) is 12.4. The summed E-state index contributed by atoms with van der Waals surface area (Å²) in [6.45, 7) is 3.09. The third-order valence-electron chi connectivity index (χ3n) is 2.87. The van der Waals surface area contributed by atoms with E-state index in [9.17, 15) is 0 Å². The van der Waals surface area contributed by atoms with Gasteiger partial charge in [-0.15, -0.1) is 0 Å². The highest BCUT2D eigenvalue weighted by Crippen LogP contribution is 2.26. The monoisotopic (exact) mass is 196 g/mol. The van der Waals surface area contributed by atoms with Crippen molar-refractivity contribution in [2.75, 3.05) is 13.2 Å². The molecule has 1 fully saturated rings. The first-order valence-corrected chi connectivity index (χ1v) is 5.05. The van der Waals surface area contributed by atoms with Gasteiger partial charge < -0.3 is 14.8 Å². The van der Waals surface area contributed by atoms with Crippen LogP contribution in [0.2, 0.25) is 0 Å². The molecule has 1 aromatic heterocycles. The highest BCUT2D eigenvalue weighted by Gasteiger charge is 2.24. The molecule has 2 heterocycles. The topological polar surface area (TPSA) is 58.3 Å². The van der Waals surface area contributed by atoms with E-state index >= 15 is 0 Å². The quantitative estimate of drug-likeness (QED) is 0.741. The Kier molecular flexibility index (Phi) is 2.84. The van der Waals surface area contributed by atoms with Crippen LogP contribution in [0.1, 0.15) is 30.3 Å². The molecule has 0 aliphatic carbocycles. The molecule has 0 bridgehead atoms. The molecule has 1 aromatic rings. The molecule has 2 rings (SSSR count). The van der Waals surface area contributed by atoms with E-state index in [1.54, 1.807) is 0 Å². The first-order valence-electron chi connectivity index (χ1n) is 5.05. The average Bonchev–Trinajstić information content (AvgIpc) is 2.65. The van der Waals surface area contributed by atoms with Crippen molar-refractivity contribution in [2.45, 2.75) is 25.8 Å². The average molecular weight is 196 g/mol. The maximum absolute atomic E-state index is 8.99. The standard InChI is InChI=1S/C10H16N2O2/c1-7-10(14-6-12-7)9-3-2-8(5-13)4-11-9/h6,8-9,11,13H,2-5H2,1H3. The Morgan fingerprint density at radius 2 is 2.50 bits per heavy atom. The van der Waals surface area contributed by atoms with Crippen LogP contribution in [-0.2, 0) is 0 Å². The summed E-state index contributed by atoms with van der Waals surface area (Å²) < 4.78 is 5.34. The van der Waals surface area contributed by atoms with Gasteiger partial charge in [0.1, 0.15) is 5.76 Å². The summed E-state index contributed by atoms with van der Waals surface area (Å²) in [4.78, 5) is 4.07. The normalized spacial score (nSPS) is 27.9. The summed E-state index contributed by atoms with van der Waals surface area (Å²) in [5.74, 6) is 1.34. The smallest absolute Gasteiger partial charge is 0.181 e. The maximum Gasteiger partial charge on any atom is 0.181 e. The number of hydrogen-bond acceptors (Lipinski definition) is 4. The van der Waals surface area contributed by atoms with Gasteiger partial charge in [0.15, 0.2) is 6.39 Å². The number of piperidine rings is 1. The highest BCUT2D eigenvalue weighted by molar-refractivity contribution is 5.10. The van der Waals surface area contributed by atoms with Crippen molar-refractivity contribution in [3.05, 3.63) is 17.8 Å². The van der Waals surface area contributed by atoms with E-state index in [4.69, 9.17) is 9.52 Å². The Hall–Kier alpha value is -0.870. The molecule has 14 heavy (non-hydrogen) atoms. The lowest BCUT2D eigenvalue weighted by Crippen LogP contribution is -2.34. The summed E-state index contributed by atoms with van der Waals surface area (Å²) in [7, 11) is 0. The van der Waals surface area contributed by atoms with Gasteiger partial charge >= 0.3 is 0 Å². The van der Waals surface area contributed by atoms with E-state index in [1.807, 2.05) is 6.92 Å². The SMILES string of the molecule is Cc1ncoc1C1CCC(CO)CN1. The first-order chi connectivity index (χ1) is 6.81. The number of oxazole rings is 1. The lowest BCUT2D eigenvalue weighted by atomic mass is 9.94. The Labute approximate surface area is 83.3 Å². The number of aliphatic hydroxyl groups is 1. The van der Waals surface area contributed by atoms with Crippen molar-refractivity contribution in [1.82, 2.24) is 10.3 Å². The molecule has 1 aliphatic rings. The highest BCUT2D eigenvalue weighted by atomic mass is 16.3. The van der Waals surface area contributed by atoms with Crippen LogP contribution < -0.4 is 5.32 Å². The molecule has 2 N–H and O–H groups in total. The second-order valence-corrected chi connectivity index (χ2v) is 3.89. The van der Waals surface area contributed by atoms with Gasteiger partial charge in [-0.2, -0.15) is 0 Å². The van der Waals surface area contributed by atoms with E-state index in [-0.39, 0.29) is 12.6 Å². The van der Waals surface area contributed by atoms with Gasteiger partial charge in [0.25, 0.3) is 0 Å². The second kappa shape index (κ2) is 4.11. The summed E-state index contributed by atoms with van der Waals surface area (Å²) in [5.41, 5.74) is 0.963. The van der Waals surface area contributed by atoms with Crippen molar-refractivity contribution in [2.24, 2.45) is 5.92 Å². The fourth-order valence-electron chi connectivity index (χ4n) is 1.94. The van der Waals surface area contributed by atoms with Gasteiger partial charge in [0.05, 0.1) is 11.7 Å². The number of aromatic nitrogens is 1. The van der Waals surface area contributed by atoms with Gasteiger partial charge in [-0.3, -0.25) is 0 Å². The molecule has 0 radical (unpaired) electrons. The lowest BCUT2D eigenvalue weighted by Gasteiger charge is -2.27. The minimum atomic E-state index is 0.273. The van der Waals surface area contributed by atoms with E-state index in [1.165, 1.54) is 6.39 Å². The van der Waals surface area contributed by atoms with Crippen LogP contribution in [0, 0.1) is 12.8 Å². The predicted molar refractivity (Wildman–Crippen MR) is 51.8 cm³/mol. The number of rotatable bonds is 2. The fraction of sp³-hybridized carbons (Fsp3) is 0.700. The Balaban J connectivity index is 1.99. The summed E-state index contributed by atoms with van der Waals surface area (Å²) in [6, 6.07) is 0.278. The van der Waals surface area contributed by atoms with Crippen LogP contribution in [0.3, 0.4) is 0 Å². The van der Waals surface area contributed by atoms with Gasteiger partial charge in [0, 0.05) is 13.2 Å². The molecule has 78 valence electrons. The number of aliphatic hydroxyl groups excluding tert-OH is 1. The first kappa shape index (κ1) is 9.68. The largest absolute Gasteiger partial charge is 0.447 e. The summed E-state index contributed by atoms with van der Waals surface area (Å²) in [6.07, 6.45) is 3.56. The van der Waals surface area contributed by atoms with Crippen molar-refractivity contribution in [3.63, 3.8) is 0 Å². The Morgan fingerprint density at radius 3 is 3.00 bits per heavy atom. The Morgan fingerprint density at radius 1 is 1.64 bits per heavy atom. The molecule has 2 atom stereocenters. The molecule has 1 saturated heterocycles. The van der Waals surface area contributed by atoms with E-state index in [0.29, 0.717) is 5.92 Å². The van der Waals surface area contributed by atoms with E-state index in [2.05, 4.69) is 10.3 Å². The van der Waals surface area contributed by atoms with Crippen molar-refractivity contribution in [3.8, 4) is 0 Å². The number of aryl methyl sites for hydroxylation is 1. The van der Waals surface area contributed by atoms with Crippen molar-refractivity contribution in [1.29, 1.82) is 0 Å². The molecule has 0 spiro atoms. The lowest BCUT2D eigenvalue weighted by molar-refractivity contribution is 0.177. The zero-order valence-corrected chi connectivity index (χ0v) is 8.36. The van der Waals surface area contributed by atoms with Crippen molar-refractivity contribution >= 4 is 0 Å². The molecular formula is C10H16N2O2. The van der Waals surface area contributed by atoms with Crippen LogP contribution in [0.5, 0.6) is 0 Å². The third-order valence-corrected chi connectivity index (χ3v) is 2.87. The van der Waals surface area contributed by atoms with Gasteiger partial charge in [0.2, 0.25) is 0 Å². The molecule has 1 aliphatic heterocycles. The number of nitrogens with one attached hydrogen (secondary N) is 1. The van der Waals surface area contributed by atoms with Crippen LogP contribution in [0.4, 0.5) is 0 Å². The predicted octanol–water partition coefficient (Wildman–Crippen LogP) is 1.02. The molecular weight excluding hydrogens is 180 g/mol. The number of nitrogens with zero attached hydrogens (tertiary/aromatic N) is 1. The third kappa shape index (κ3) is 1.81. The maximum atomic E-state index is 8.99. The van der Waals surface area contributed by atoms with E-state index < -0.39 is 0 Å². The van der Waals surface area contributed by atoms with Gasteiger partial charge in [-0.05, 0) is 25.7 Å². The Bertz CT molecular complexity index is 290. The minimum Gasteiger partial charge on any atom is -0.447 e. The second-order valence-electron chi connectivity index (χ2n) is 3.89. The van der Waals surface area contributed by atoms with Crippen LogP contribution in [0.15, 0.2) is 10.8 Å². The minimum absolute atomic E-state index is 0.273. The number of hydrogen-bond donors (Lipinski definition) is 2. The molecule has 4 heteroatoms. The van der Waals surface area contributed by atoms with Crippen LogP contribution >= 0.6 is 0 Å². The molecule has 0 saturated carbocycles. The van der Waals surface area contributed by atoms with Gasteiger partial charge in [-0.1, -0.05) is 0 Å². The zero-order chi connectivity index (χ0) is 9.97. The molecule has 4 nitrogen and oxygen atoms in total. The van der Waals surface area contributed by atoms with Gasteiger partial charge in [-0.25, -0.2) is 4.98 Å². The zero-order valence-electron chi connectivity index (χ0n) is 8.36. The molecule has 0 amide bonds. The molecule has 2 unspecified atom stereocenters.